The number of hydrogen-bond acceptors (Lipinski definition) is 2. The van der Waals surface area contributed by atoms with Gasteiger partial charge in [-0.05, 0) is 44.1 Å². The summed E-state index contributed by atoms with van der Waals surface area (Å²) < 4.78 is 0. The molecule has 1 aromatic rings. The van der Waals surface area contributed by atoms with Crippen molar-refractivity contribution in [3.8, 4) is 0 Å². The quantitative estimate of drug-likeness (QED) is 0.825. The van der Waals surface area contributed by atoms with Gasteiger partial charge < -0.3 is 11.1 Å². The summed E-state index contributed by atoms with van der Waals surface area (Å²) >= 11 is 0. The summed E-state index contributed by atoms with van der Waals surface area (Å²) in [5.41, 5.74) is 7.27. The normalized spacial score (nSPS) is 18.4. The first-order chi connectivity index (χ1) is 9.15. The van der Waals surface area contributed by atoms with Crippen LogP contribution in [0.4, 0.5) is 0 Å². The van der Waals surface area contributed by atoms with Crippen LogP contribution in [0.25, 0.3) is 0 Å². The predicted octanol–water partition coefficient (Wildman–Crippen LogP) is 2.40. The van der Waals surface area contributed by atoms with E-state index in [2.05, 4.69) is 24.4 Å². The van der Waals surface area contributed by atoms with Crippen molar-refractivity contribution in [2.24, 2.45) is 5.73 Å². The van der Waals surface area contributed by atoms with Crippen LogP contribution in [0.3, 0.4) is 0 Å². The summed E-state index contributed by atoms with van der Waals surface area (Å²) in [7, 11) is 0. The molecule has 0 aliphatic heterocycles. The third-order valence-corrected chi connectivity index (χ3v) is 4.30. The maximum absolute atomic E-state index is 12.1. The molecule has 0 unspecified atom stereocenters. The summed E-state index contributed by atoms with van der Waals surface area (Å²) in [6.07, 6.45) is 5.98. The lowest BCUT2D eigenvalue weighted by Crippen LogP contribution is -2.57. The second-order valence-corrected chi connectivity index (χ2v) is 5.61. The lowest BCUT2D eigenvalue weighted by molar-refractivity contribution is -0.125. The molecule has 1 saturated carbocycles. The van der Waals surface area contributed by atoms with Gasteiger partial charge in [-0.15, -0.1) is 0 Å². The van der Waals surface area contributed by atoms with E-state index in [1.165, 1.54) is 12.0 Å². The molecule has 1 fully saturated rings. The van der Waals surface area contributed by atoms with Gasteiger partial charge in [0.25, 0.3) is 0 Å². The van der Waals surface area contributed by atoms with Crippen molar-refractivity contribution in [3.05, 3.63) is 35.9 Å². The predicted molar refractivity (Wildman–Crippen MR) is 77.8 cm³/mol. The fraction of sp³-hybridized carbons (Fsp3) is 0.562. The van der Waals surface area contributed by atoms with E-state index in [1.54, 1.807) is 0 Å². The molecule has 1 aliphatic carbocycles. The largest absolute Gasteiger partial charge is 0.349 e. The Hall–Kier alpha value is -1.35. The monoisotopic (exact) mass is 260 g/mol. The zero-order chi connectivity index (χ0) is 13.7. The molecule has 0 bridgehead atoms. The van der Waals surface area contributed by atoms with Gasteiger partial charge in [-0.3, -0.25) is 4.79 Å². The molecule has 1 aliphatic rings. The van der Waals surface area contributed by atoms with Crippen LogP contribution in [0.1, 0.15) is 44.6 Å². The van der Waals surface area contributed by atoms with Crippen LogP contribution in [0.15, 0.2) is 30.3 Å². The topological polar surface area (TPSA) is 55.1 Å². The zero-order valence-corrected chi connectivity index (χ0v) is 11.7. The second-order valence-electron chi connectivity index (χ2n) is 5.61. The second kappa shape index (κ2) is 6.20. The van der Waals surface area contributed by atoms with Crippen LogP contribution in [0.5, 0.6) is 0 Å². The minimum atomic E-state index is -0.399. The van der Waals surface area contributed by atoms with Crippen molar-refractivity contribution in [2.75, 3.05) is 0 Å². The summed E-state index contributed by atoms with van der Waals surface area (Å²) in [5, 5.41) is 3.15. The number of aryl methyl sites for hydroxylation is 1. The summed E-state index contributed by atoms with van der Waals surface area (Å²) in [6.45, 7) is 2.13. The van der Waals surface area contributed by atoms with Gasteiger partial charge in [0.05, 0.1) is 6.04 Å². The standard InChI is InChI=1S/C16H24N2O/c1-2-16(11-6-12-16)18-15(19)14(17)10-9-13-7-4-3-5-8-13/h3-5,7-8,14H,2,6,9-12,17H2,1H3,(H,18,19)/t14-/m0/s1. The molecule has 0 spiro atoms. The van der Waals surface area contributed by atoms with Crippen molar-refractivity contribution in [3.63, 3.8) is 0 Å². The van der Waals surface area contributed by atoms with Crippen molar-refractivity contribution in [1.29, 1.82) is 0 Å². The number of nitrogens with two attached hydrogens (primary N) is 1. The summed E-state index contributed by atoms with van der Waals surface area (Å²) in [5.74, 6) is 0.0116. The smallest absolute Gasteiger partial charge is 0.237 e. The molecule has 3 nitrogen and oxygen atoms in total. The molecule has 0 aromatic heterocycles. The Morgan fingerprint density at radius 3 is 2.58 bits per heavy atom. The van der Waals surface area contributed by atoms with Crippen molar-refractivity contribution in [1.82, 2.24) is 5.32 Å². The number of carbonyl (C=O) groups excluding carboxylic acids is 1. The average molecular weight is 260 g/mol. The number of benzene rings is 1. The number of rotatable bonds is 6. The van der Waals surface area contributed by atoms with Crippen molar-refractivity contribution < 1.29 is 4.79 Å². The Labute approximate surface area is 115 Å². The van der Waals surface area contributed by atoms with E-state index in [9.17, 15) is 4.79 Å². The highest BCUT2D eigenvalue weighted by Gasteiger charge is 2.37. The maximum Gasteiger partial charge on any atom is 0.237 e. The van der Waals surface area contributed by atoms with Crippen LogP contribution in [0, 0.1) is 0 Å². The third-order valence-electron chi connectivity index (χ3n) is 4.30. The molecule has 3 N–H and O–H groups in total. The number of nitrogens with one attached hydrogen (secondary N) is 1. The summed E-state index contributed by atoms with van der Waals surface area (Å²) in [6, 6.07) is 9.78. The van der Waals surface area contributed by atoms with Crippen LogP contribution in [0.2, 0.25) is 0 Å². The lowest BCUT2D eigenvalue weighted by atomic mass is 9.74. The Morgan fingerprint density at radius 1 is 1.37 bits per heavy atom. The minimum Gasteiger partial charge on any atom is -0.349 e. The highest BCUT2D eigenvalue weighted by Crippen LogP contribution is 2.34. The Morgan fingerprint density at radius 2 is 2.05 bits per heavy atom. The first-order valence-corrected chi connectivity index (χ1v) is 7.27. The van der Waals surface area contributed by atoms with Gasteiger partial charge in [-0.25, -0.2) is 0 Å². The highest BCUT2D eigenvalue weighted by atomic mass is 16.2. The molecule has 0 saturated heterocycles. The molecule has 104 valence electrons. The van der Waals surface area contributed by atoms with E-state index in [-0.39, 0.29) is 11.4 Å². The van der Waals surface area contributed by atoms with E-state index >= 15 is 0 Å². The molecule has 19 heavy (non-hydrogen) atoms. The van der Waals surface area contributed by atoms with E-state index in [1.807, 2.05) is 18.2 Å². The fourth-order valence-corrected chi connectivity index (χ4v) is 2.62. The van der Waals surface area contributed by atoms with Gasteiger partial charge in [0.1, 0.15) is 0 Å². The van der Waals surface area contributed by atoms with Crippen molar-refractivity contribution in [2.45, 2.75) is 57.0 Å². The Kier molecular flexibility index (Phi) is 4.59. The van der Waals surface area contributed by atoms with Gasteiger partial charge in [0, 0.05) is 5.54 Å². The zero-order valence-electron chi connectivity index (χ0n) is 11.7. The van der Waals surface area contributed by atoms with E-state index in [0.717, 1.165) is 25.7 Å². The van der Waals surface area contributed by atoms with Gasteiger partial charge in [-0.1, -0.05) is 37.3 Å². The van der Waals surface area contributed by atoms with Gasteiger partial charge in [-0.2, -0.15) is 0 Å². The molecule has 0 radical (unpaired) electrons. The molecule has 1 atom stereocenters. The van der Waals surface area contributed by atoms with Crippen molar-refractivity contribution >= 4 is 5.91 Å². The number of carbonyl (C=O) groups is 1. The number of amides is 1. The van der Waals surface area contributed by atoms with Crippen LogP contribution >= 0.6 is 0 Å². The molecule has 3 heteroatoms. The SMILES string of the molecule is CCC1(NC(=O)[C@@H](N)CCc2ccccc2)CCC1. The molecule has 2 rings (SSSR count). The highest BCUT2D eigenvalue weighted by molar-refractivity contribution is 5.82. The molecular weight excluding hydrogens is 236 g/mol. The number of hydrogen-bond donors (Lipinski definition) is 2. The van der Waals surface area contributed by atoms with Crippen LogP contribution < -0.4 is 11.1 Å². The van der Waals surface area contributed by atoms with Gasteiger partial charge in [0.2, 0.25) is 5.91 Å². The lowest BCUT2D eigenvalue weighted by Gasteiger charge is -2.42. The maximum atomic E-state index is 12.1. The molecule has 1 aromatic carbocycles. The first kappa shape index (κ1) is 14.1. The van der Waals surface area contributed by atoms with Gasteiger partial charge >= 0.3 is 0 Å². The van der Waals surface area contributed by atoms with E-state index < -0.39 is 6.04 Å². The van der Waals surface area contributed by atoms with Crippen LogP contribution in [-0.2, 0) is 11.2 Å². The summed E-state index contributed by atoms with van der Waals surface area (Å²) in [4.78, 5) is 12.1. The Bertz CT molecular complexity index is 407. The van der Waals surface area contributed by atoms with Crippen LogP contribution in [-0.4, -0.2) is 17.5 Å². The fourth-order valence-electron chi connectivity index (χ4n) is 2.62. The van der Waals surface area contributed by atoms with Gasteiger partial charge in [0.15, 0.2) is 0 Å². The average Bonchev–Trinajstić information content (AvgIpc) is 2.41. The third kappa shape index (κ3) is 3.57. The Balaban J connectivity index is 1.79. The molecule has 1 amide bonds. The molecular formula is C16H24N2O. The molecule has 0 heterocycles. The minimum absolute atomic E-state index is 0.0116. The van der Waals surface area contributed by atoms with E-state index in [0.29, 0.717) is 6.42 Å². The van der Waals surface area contributed by atoms with E-state index in [4.69, 9.17) is 5.73 Å². The first-order valence-electron chi connectivity index (χ1n) is 7.27.